The first-order valence-corrected chi connectivity index (χ1v) is 8.31. The van der Waals surface area contributed by atoms with Gasteiger partial charge in [-0.25, -0.2) is 9.97 Å². The summed E-state index contributed by atoms with van der Waals surface area (Å²) in [4.78, 5) is 9.62. The number of nitrogens with one attached hydrogen (secondary N) is 1. The van der Waals surface area contributed by atoms with Crippen LogP contribution in [0.15, 0.2) is 36.0 Å². The number of thiophene rings is 1. The van der Waals surface area contributed by atoms with E-state index < -0.39 is 0 Å². The van der Waals surface area contributed by atoms with Gasteiger partial charge in [-0.1, -0.05) is 35.9 Å². The highest BCUT2D eigenvalue weighted by atomic mass is 35.5. The molecule has 0 bridgehead atoms. The van der Waals surface area contributed by atoms with Crippen molar-refractivity contribution in [3.05, 3.63) is 52.1 Å². The molecule has 3 nitrogen and oxygen atoms in total. The number of nitrogens with zero attached hydrogens (tertiary/aromatic N) is 2. The number of hydrogen-bond donors (Lipinski definition) is 1. The summed E-state index contributed by atoms with van der Waals surface area (Å²) in [6.45, 7) is 0. The van der Waals surface area contributed by atoms with Gasteiger partial charge in [-0.3, -0.25) is 0 Å². The predicted octanol–water partition coefficient (Wildman–Crippen LogP) is 4.83. The molecule has 1 N–H and O–H groups in total. The maximum Gasteiger partial charge on any atom is 0.140 e. The fraction of sp³-hybridized carbons (Fsp3) is 0.250. The lowest BCUT2D eigenvalue weighted by Gasteiger charge is -2.27. The lowest BCUT2D eigenvalue weighted by Crippen LogP contribution is -2.18. The van der Waals surface area contributed by atoms with E-state index in [2.05, 4.69) is 39.6 Å². The zero-order chi connectivity index (χ0) is 14.2. The molecule has 1 atom stereocenters. The third-order valence-electron chi connectivity index (χ3n) is 4.01. The van der Waals surface area contributed by atoms with E-state index in [0.717, 1.165) is 33.9 Å². The maximum atomic E-state index is 6.29. The molecule has 0 fully saturated rings. The van der Waals surface area contributed by atoms with Gasteiger partial charge in [0.15, 0.2) is 0 Å². The number of benzene rings is 1. The van der Waals surface area contributed by atoms with Crippen LogP contribution < -0.4 is 5.32 Å². The number of hydrogen-bond acceptors (Lipinski definition) is 4. The number of aromatic nitrogens is 2. The van der Waals surface area contributed by atoms with Crippen molar-refractivity contribution in [1.29, 1.82) is 0 Å². The van der Waals surface area contributed by atoms with E-state index >= 15 is 0 Å². The lowest BCUT2D eigenvalue weighted by atomic mass is 9.88. The number of fused-ring (bicyclic) bond motifs is 2. The van der Waals surface area contributed by atoms with Gasteiger partial charge in [-0.2, -0.15) is 0 Å². The molecule has 1 aromatic carbocycles. The molecule has 0 spiro atoms. The second kappa shape index (κ2) is 5.28. The second-order valence-corrected chi connectivity index (χ2v) is 6.54. The number of aryl methyl sites for hydroxylation is 1. The van der Waals surface area contributed by atoms with Gasteiger partial charge in [-0.05, 0) is 30.4 Å². The molecule has 3 aromatic rings. The van der Waals surface area contributed by atoms with Crippen molar-refractivity contribution in [3.8, 4) is 0 Å². The molecular formula is C16H14ClN3S. The zero-order valence-electron chi connectivity index (χ0n) is 11.3. The summed E-state index contributed by atoms with van der Waals surface area (Å²) in [6.07, 6.45) is 5.07. The molecule has 1 unspecified atom stereocenters. The molecule has 0 aliphatic heterocycles. The highest BCUT2D eigenvalue weighted by molar-refractivity contribution is 7.17. The highest BCUT2D eigenvalue weighted by Crippen LogP contribution is 2.37. The number of halogens is 1. The van der Waals surface area contributed by atoms with Crippen molar-refractivity contribution in [3.63, 3.8) is 0 Å². The number of rotatable bonds is 2. The third-order valence-corrected chi connectivity index (χ3v) is 5.32. The molecule has 2 aromatic heterocycles. The van der Waals surface area contributed by atoms with Gasteiger partial charge in [0.1, 0.15) is 17.0 Å². The van der Waals surface area contributed by atoms with Crippen molar-refractivity contribution in [1.82, 2.24) is 9.97 Å². The summed E-state index contributed by atoms with van der Waals surface area (Å²) >= 11 is 7.84. The summed E-state index contributed by atoms with van der Waals surface area (Å²) < 4.78 is 0. The van der Waals surface area contributed by atoms with Crippen LogP contribution >= 0.6 is 22.9 Å². The van der Waals surface area contributed by atoms with Gasteiger partial charge in [0.05, 0.1) is 16.5 Å². The van der Waals surface area contributed by atoms with Gasteiger partial charge in [0.25, 0.3) is 0 Å². The molecule has 21 heavy (non-hydrogen) atoms. The van der Waals surface area contributed by atoms with E-state index in [4.69, 9.17) is 11.6 Å². The highest BCUT2D eigenvalue weighted by Gasteiger charge is 2.21. The minimum absolute atomic E-state index is 0.295. The molecular weight excluding hydrogens is 302 g/mol. The Morgan fingerprint density at radius 2 is 2.14 bits per heavy atom. The van der Waals surface area contributed by atoms with Crippen molar-refractivity contribution < 1.29 is 0 Å². The fourth-order valence-corrected chi connectivity index (χ4v) is 4.15. The lowest BCUT2D eigenvalue weighted by molar-refractivity contribution is 0.599. The van der Waals surface area contributed by atoms with E-state index in [1.165, 1.54) is 17.5 Å². The average Bonchev–Trinajstić information content (AvgIpc) is 2.90. The molecule has 106 valence electrons. The minimum atomic E-state index is 0.295. The smallest absolute Gasteiger partial charge is 0.140 e. The van der Waals surface area contributed by atoms with E-state index in [9.17, 15) is 0 Å². The minimum Gasteiger partial charge on any atom is -0.363 e. The van der Waals surface area contributed by atoms with E-state index in [-0.39, 0.29) is 0 Å². The van der Waals surface area contributed by atoms with Crippen molar-refractivity contribution in [2.75, 3.05) is 5.32 Å². The molecule has 0 saturated heterocycles. The fourth-order valence-electron chi connectivity index (χ4n) is 3.02. The largest absolute Gasteiger partial charge is 0.363 e. The Balaban J connectivity index is 1.75. The normalized spacial score (nSPS) is 17.7. The molecule has 0 saturated carbocycles. The van der Waals surface area contributed by atoms with Crippen molar-refractivity contribution >= 4 is 39.0 Å². The summed E-state index contributed by atoms with van der Waals surface area (Å²) in [5.41, 5.74) is 2.81. The first kappa shape index (κ1) is 13.0. The Kier molecular flexibility index (Phi) is 3.28. The first-order valence-electron chi connectivity index (χ1n) is 7.05. The molecule has 1 aliphatic carbocycles. The Hall–Kier alpha value is -1.65. The summed E-state index contributed by atoms with van der Waals surface area (Å²) in [7, 11) is 0. The van der Waals surface area contributed by atoms with Crippen molar-refractivity contribution in [2.24, 2.45) is 0 Å². The summed E-state index contributed by atoms with van der Waals surface area (Å²) in [5, 5.41) is 7.16. The van der Waals surface area contributed by atoms with E-state index in [1.54, 1.807) is 17.7 Å². The van der Waals surface area contributed by atoms with Crippen LogP contribution in [0.2, 0.25) is 5.02 Å². The van der Waals surface area contributed by atoms with Gasteiger partial charge in [0, 0.05) is 5.38 Å². The zero-order valence-corrected chi connectivity index (χ0v) is 12.9. The van der Waals surface area contributed by atoms with Crippen LogP contribution in [0, 0.1) is 0 Å². The molecule has 2 heterocycles. The van der Waals surface area contributed by atoms with Crippen LogP contribution in [0.25, 0.3) is 10.2 Å². The maximum absolute atomic E-state index is 6.29. The average molecular weight is 316 g/mol. The van der Waals surface area contributed by atoms with Crippen LogP contribution in [0.3, 0.4) is 0 Å². The molecule has 5 heteroatoms. The van der Waals surface area contributed by atoms with Crippen LogP contribution in [-0.2, 0) is 6.42 Å². The van der Waals surface area contributed by atoms with Gasteiger partial charge >= 0.3 is 0 Å². The van der Waals surface area contributed by atoms with Crippen molar-refractivity contribution in [2.45, 2.75) is 25.3 Å². The van der Waals surface area contributed by atoms with Crippen LogP contribution in [-0.4, -0.2) is 9.97 Å². The van der Waals surface area contributed by atoms with Crippen LogP contribution in [0.4, 0.5) is 5.82 Å². The summed E-state index contributed by atoms with van der Waals surface area (Å²) in [6, 6.07) is 8.94. The van der Waals surface area contributed by atoms with Crippen LogP contribution in [0.1, 0.15) is 30.0 Å². The topological polar surface area (TPSA) is 37.8 Å². The SMILES string of the molecule is Clc1csc2ncnc(NC3CCCc4ccccc43)c12. The van der Waals surface area contributed by atoms with E-state index in [1.807, 2.05) is 5.38 Å². The van der Waals surface area contributed by atoms with Gasteiger partial charge in [-0.15, -0.1) is 11.3 Å². The van der Waals surface area contributed by atoms with Gasteiger partial charge in [0.2, 0.25) is 0 Å². The predicted molar refractivity (Wildman–Crippen MR) is 88.2 cm³/mol. The monoisotopic (exact) mass is 315 g/mol. The number of anilines is 1. The first-order chi connectivity index (χ1) is 10.3. The van der Waals surface area contributed by atoms with Gasteiger partial charge < -0.3 is 5.32 Å². The third kappa shape index (κ3) is 2.28. The molecule has 4 rings (SSSR count). The quantitative estimate of drug-likeness (QED) is 0.735. The van der Waals surface area contributed by atoms with E-state index in [0.29, 0.717) is 6.04 Å². The standard InChI is InChI=1S/C16H14ClN3S/c17-12-8-21-16-14(12)15(18-9-19-16)20-13-7-3-5-10-4-1-2-6-11(10)13/h1-2,4,6,8-9,13H,3,5,7H2,(H,18,19,20). The molecule has 1 aliphatic rings. The molecule has 0 radical (unpaired) electrons. The molecule has 0 amide bonds. The Morgan fingerprint density at radius 1 is 1.24 bits per heavy atom. The Bertz CT molecular complexity index is 799. The summed E-state index contributed by atoms with van der Waals surface area (Å²) in [5.74, 6) is 0.841. The second-order valence-electron chi connectivity index (χ2n) is 5.27. The Labute approximate surface area is 132 Å². The Morgan fingerprint density at radius 3 is 3.10 bits per heavy atom. The van der Waals surface area contributed by atoms with Crippen LogP contribution in [0.5, 0.6) is 0 Å².